The number of nitrogens with two attached hydrogens (primary N) is 1. The van der Waals surface area contributed by atoms with Crippen molar-refractivity contribution in [2.24, 2.45) is 5.73 Å². The third kappa shape index (κ3) is 4.08. The molecule has 1 fully saturated rings. The van der Waals surface area contributed by atoms with Crippen molar-refractivity contribution in [2.75, 3.05) is 11.4 Å². The normalized spacial score (nSPS) is 15.4. The van der Waals surface area contributed by atoms with Crippen LogP contribution in [0.4, 0.5) is 5.69 Å². The molecule has 1 aromatic rings. The van der Waals surface area contributed by atoms with Gasteiger partial charge in [0, 0.05) is 25.1 Å². The molecule has 1 saturated heterocycles. The Morgan fingerprint density at radius 2 is 1.90 bits per heavy atom. The molecule has 0 saturated carbocycles. The lowest BCUT2D eigenvalue weighted by Gasteiger charge is -2.26. The average Bonchev–Trinajstić information content (AvgIpc) is 2.45. The van der Waals surface area contributed by atoms with Gasteiger partial charge in [-0.25, -0.2) is 0 Å². The summed E-state index contributed by atoms with van der Waals surface area (Å²) in [5.74, 6) is -0.00517. The van der Waals surface area contributed by atoms with E-state index in [-0.39, 0.29) is 11.8 Å². The Hall–Kier alpha value is -1.84. The summed E-state index contributed by atoms with van der Waals surface area (Å²) in [6.45, 7) is 0.830. The van der Waals surface area contributed by atoms with Crippen LogP contribution in [0, 0.1) is 0 Å². The first kappa shape index (κ1) is 14.6. The van der Waals surface area contributed by atoms with Crippen molar-refractivity contribution in [3.63, 3.8) is 0 Å². The van der Waals surface area contributed by atoms with Crippen LogP contribution in [0.15, 0.2) is 24.3 Å². The summed E-state index contributed by atoms with van der Waals surface area (Å²) in [7, 11) is 0. The Bertz CT molecular complexity index is 468. The molecule has 0 atom stereocenters. The van der Waals surface area contributed by atoms with Crippen molar-refractivity contribution in [2.45, 2.75) is 44.9 Å². The first-order valence-corrected chi connectivity index (χ1v) is 7.34. The van der Waals surface area contributed by atoms with Crippen LogP contribution in [0.2, 0.25) is 0 Å². The Morgan fingerprint density at radius 1 is 1.15 bits per heavy atom. The van der Waals surface area contributed by atoms with Gasteiger partial charge in [0.1, 0.15) is 0 Å². The third-order valence-corrected chi connectivity index (χ3v) is 3.71. The fourth-order valence-electron chi connectivity index (χ4n) is 2.55. The van der Waals surface area contributed by atoms with Crippen LogP contribution in [0.3, 0.4) is 0 Å². The molecule has 108 valence electrons. The largest absolute Gasteiger partial charge is 0.370 e. The molecule has 0 aromatic heterocycles. The fourth-order valence-corrected chi connectivity index (χ4v) is 2.55. The highest BCUT2D eigenvalue weighted by Crippen LogP contribution is 2.21. The zero-order valence-electron chi connectivity index (χ0n) is 11.8. The molecule has 4 nitrogen and oxygen atoms in total. The van der Waals surface area contributed by atoms with Crippen molar-refractivity contribution in [3.05, 3.63) is 29.8 Å². The highest BCUT2D eigenvalue weighted by molar-refractivity contribution is 5.93. The molecular formula is C16H22N2O2. The lowest BCUT2D eigenvalue weighted by atomic mass is 10.0. The second-order valence-corrected chi connectivity index (χ2v) is 5.34. The summed E-state index contributed by atoms with van der Waals surface area (Å²) in [6, 6.07) is 8.18. The molecule has 0 bridgehead atoms. The lowest BCUT2D eigenvalue weighted by Crippen LogP contribution is -2.35. The van der Waals surface area contributed by atoms with E-state index in [2.05, 4.69) is 12.1 Å². The van der Waals surface area contributed by atoms with Crippen molar-refractivity contribution in [3.8, 4) is 0 Å². The van der Waals surface area contributed by atoms with Gasteiger partial charge in [-0.1, -0.05) is 12.1 Å². The first-order chi connectivity index (χ1) is 9.66. The van der Waals surface area contributed by atoms with Gasteiger partial charge in [-0.15, -0.1) is 0 Å². The van der Waals surface area contributed by atoms with Crippen LogP contribution < -0.4 is 10.6 Å². The van der Waals surface area contributed by atoms with Crippen LogP contribution in [-0.2, 0) is 16.0 Å². The standard InChI is InChI=1S/C16H22N2O2/c17-15(19)6-2-1-5-13-8-10-14(11-9-13)18-12-4-3-7-16(18)20/h8-11H,1-7,12H2,(H2,17,19). The molecule has 1 aromatic carbocycles. The molecule has 2 amide bonds. The molecule has 0 spiro atoms. The van der Waals surface area contributed by atoms with Gasteiger partial charge in [0.25, 0.3) is 0 Å². The molecule has 4 heteroatoms. The van der Waals surface area contributed by atoms with Crippen LogP contribution in [0.5, 0.6) is 0 Å². The highest BCUT2D eigenvalue weighted by Gasteiger charge is 2.19. The Labute approximate surface area is 119 Å². The quantitative estimate of drug-likeness (QED) is 0.810. The van der Waals surface area contributed by atoms with Crippen LogP contribution in [-0.4, -0.2) is 18.4 Å². The van der Waals surface area contributed by atoms with E-state index in [1.807, 2.05) is 17.0 Å². The molecule has 2 N–H and O–H groups in total. The minimum atomic E-state index is -0.232. The Morgan fingerprint density at radius 3 is 2.55 bits per heavy atom. The maximum Gasteiger partial charge on any atom is 0.226 e. The van der Waals surface area contributed by atoms with E-state index in [0.29, 0.717) is 12.8 Å². The number of primary amides is 1. The van der Waals surface area contributed by atoms with E-state index < -0.39 is 0 Å². The molecule has 0 unspecified atom stereocenters. The predicted molar refractivity (Wildman–Crippen MR) is 79.4 cm³/mol. The number of unbranched alkanes of at least 4 members (excludes halogenated alkanes) is 1. The van der Waals surface area contributed by atoms with E-state index in [4.69, 9.17) is 5.73 Å². The van der Waals surface area contributed by atoms with E-state index in [1.165, 1.54) is 5.56 Å². The summed E-state index contributed by atoms with van der Waals surface area (Å²) in [5.41, 5.74) is 7.35. The number of hydrogen-bond donors (Lipinski definition) is 1. The van der Waals surface area contributed by atoms with Gasteiger partial charge in [0.15, 0.2) is 0 Å². The number of anilines is 1. The number of nitrogens with zero attached hydrogens (tertiary/aromatic N) is 1. The zero-order chi connectivity index (χ0) is 14.4. The van der Waals surface area contributed by atoms with Crippen LogP contribution >= 0.6 is 0 Å². The summed E-state index contributed by atoms with van der Waals surface area (Å²) < 4.78 is 0. The SMILES string of the molecule is NC(=O)CCCCc1ccc(N2CCCCC2=O)cc1. The summed E-state index contributed by atoms with van der Waals surface area (Å²) in [4.78, 5) is 24.4. The second kappa shape index (κ2) is 7.08. The molecule has 0 aliphatic carbocycles. The van der Waals surface area contributed by atoms with Gasteiger partial charge in [0.05, 0.1) is 0 Å². The topological polar surface area (TPSA) is 63.4 Å². The zero-order valence-corrected chi connectivity index (χ0v) is 11.8. The molecule has 1 aliphatic rings. The van der Waals surface area contributed by atoms with Gasteiger partial charge < -0.3 is 10.6 Å². The van der Waals surface area contributed by atoms with Crippen molar-refractivity contribution >= 4 is 17.5 Å². The molecule has 1 aliphatic heterocycles. The summed E-state index contributed by atoms with van der Waals surface area (Å²) in [6.07, 6.45) is 5.96. The average molecular weight is 274 g/mol. The number of benzene rings is 1. The number of amides is 2. The molecule has 20 heavy (non-hydrogen) atoms. The van der Waals surface area contributed by atoms with Gasteiger partial charge in [-0.05, 0) is 49.8 Å². The number of rotatable bonds is 6. The second-order valence-electron chi connectivity index (χ2n) is 5.34. The maximum absolute atomic E-state index is 11.8. The van der Waals surface area contributed by atoms with Gasteiger partial charge in [-0.2, -0.15) is 0 Å². The monoisotopic (exact) mass is 274 g/mol. The van der Waals surface area contributed by atoms with E-state index >= 15 is 0 Å². The Balaban J connectivity index is 1.86. The number of carbonyl (C=O) groups is 2. The predicted octanol–water partition coefficient (Wildman–Crippen LogP) is 2.40. The minimum Gasteiger partial charge on any atom is -0.370 e. The van der Waals surface area contributed by atoms with Crippen molar-refractivity contribution < 1.29 is 9.59 Å². The lowest BCUT2D eigenvalue weighted by molar-refractivity contribution is -0.119. The third-order valence-electron chi connectivity index (χ3n) is 3.71. The smallest absolute Gasteiger partial charge is 0.226 e. The summed E-state index contributed by atoms with van der Waals surface area (Å²) >= 11 is 0. The van der Waals surface area contributed by atoms with Crippen LogP contribution in [0.1, 0.15) is 44.1 Å². The minimum absolute atomic E-state index is 0.227. The van der Waals surface area contributed by atoms with Crippen LogP contribution in [0.25, 0.3) is 0 Å². The fraction of sp³-hybridized carbons (Fsp3) is 0.500. The van der Waals surface area contributed by atoms with E-state index in [9.17, 15) is 9.59 Å². The molecular weight excluding hydrogens is 252 g/mol. The number of piperidine rings is 1. The van der Waals surface area contributed by atoms with Gasteiger partial charge in [0.2, 0.25) is 11.8 Å². The van der Waals surface area contributed by atoms with Crippen molar-refractivity contribution in [1.82, 2.24) is 0 Å². The number of carbonyl (C=O) groups excluding carboxylic acids is 2. The molecule has 1 heterocycles. The molecule has 0 radical (unpaired) electrons. The number of hydrogen-bond acceptors (Lipinski definition) is 2. The Kier molecular flexibility index (Phi) is 5.16. The highest BCUT2D eigenvalue weighted by atomic mass is 16.2. The van der Waals surface area contributed by atoms with E-state index in [1.54, 1.807) is 0 Å². The summed E-state index contributed by atoms with van der Waals surface area (Å²) in [5, 5.41) is 0. The number of aryl methyl sites for hydroxylation is 1. The molecule has 2 rings (SSSR count). The van der Waals surface area contributed by atoms with Crippen molar-refractivity contribution in [1.29, 1.82) is 0 Å². The first-order valence-electron chi connectivity index (χ1n) is 7.34. The van der Waals surface area contributed by atoms with Gasteiger partial charge in [-0.3, -0.25) is 9.59 Å². The maximum atomic E-state index is 11.8. The van der Waals surface area contributed by atoms with Gasteiger partial charge >= 0.3 is 0 Å². The van der Waals surface area contributed by atoms with E-state index in [0.717, 1.165) is 44.3 Å².